The number of aromatic carboxylic acids is 1. The average Bonchev–Trinajstić information content (AvgIpc) is 3.02. The van der Waals surface area contributed by atoms with Crippen LogP contribution in [-0.2, 0) is 23.0 Å². The van der Waals surface area contributed by atoms with Crippen LogP contribution < -0.4 is 4.72 Å². The Balaban J connectivity index is 2.22. The Bertz CT molecular complexity index is 761. The second-order valence-electron chi connectivity index (χ2n) is 4.28. The van der Waals surface area contributed by atoms with Crippen molar-refractivity contribution in [3.05, 3.63) is 31.9 Å². The third kappa shape index (κ3) is 3.49. The summed E-state index contributed by atoms with van der Waals surface area (Å²) < 4.78 is 27.0. The molecule has 2 heterocycles. The minimum atomic E-state index is -3.87. The second kappa shape index (κ2) is 6.22. The summed E-state index contributed by atoms with van der Waals surface area (Å²) in [4.78, 5) is 16.0. The summed E-state index contributed by atoms with van der Waals surface area (Å²) in [6, 6.07) is 0. The van der Waals surface area contributed by atoms with Gasteiger partial charge in [0.2, 0.25) is 10.0 Å². The maximum Gasteiger partial charge on any atom is 0.347 e. The van der Waals surface area contributed by atoms with Gasteiger partial charge in [0.05, 0.1) is 6.54 Å². The van der Waals surface area contributed by atoms with Crippen LogP contribution in [0.4, 0.5) is 0 Å². The van der Waals surface area contributed by atoms with E-state index in [-0.39, 0.29) is 16.3 Å². The van der Waals surface area contributed by atoms with Gasteiger partial charge in [-0.25, -0.2) is 22.9 Å². The Morgan fingerprint density at radius 2 is 2.19 bits per heavy atom. The molecular weight excluding hydrogens is 332 g/mol. The molecule has 6 nitrogen and oxygen atoms in total. The van der Waals surface area contributed by atoms with Gasteiger partial charge in [-0.1, -0.05) is 6.92 Å². The summed E-state index contributed by atoms with van der Waals surface area (Å²) in [6.45, 7) is 3.63. The zero-order valence-corrected chi connectivity index (χ0v) is 13.9. The topological polar surface area (TPSA) is 96.4 Å². The lowest BCUT2D eigenvalue weighted by Gasteiger charge is -2.06. The van der Waals surface area contributed by atoms with Crippen molar-refractivity contribution in [2.24, 2.45) is 0 Å². The number of carbonyl (C=O) groups is 1. The zero-order chi connectivity index (χ0) is 15.6. The van der Waals surface area contributed by atoms with E-state index in [0.29, 0.717) is 10.6 Å². The van der Waals surface area contributed by atoms with Crippen molar-refractivity contribution in [2.45, 2.75) is 31.7 Å². The van der Waals surface area contributed by atoms with Gasteiger partial charge in [-0.15, -0.1) is 22.7 Å². The third-order valence-corrected chi connectivity index (χ3v) is 6.69. The SMILES string of the molecule is CCc1cnc(CNS(=O)(=O)c2c(C)csc2C(=O)O)s1. The van der Waals surface area contributed by atoms with Gasteiger partial charge in [0, 0.05) is 11.1 Å². The molecule has 0 aliphatic rings. The molecule has 2 rings (SSSR count). The van der Waals surface area contributed by atoms with Crippen LogP contribution in [0.5, 0.6) is 0 Å². The van der Waals surface area contributed by atoms with Crippen molar-refractivity contribution in [3.8, 4) is 0 Å². The van der Waals surface area contributed by atoms with Gasteiger partial charge in [-0.2, -0.15) is 0 Å². The van der Waals surface area contributed by atoms with Crippen LogP contribution in [0, 0.1) is 6.92 Å². The van der Waals surface area contributed by atoms with Crippen molar-refractivity contribution in [3.63, 3.8) is 0 Å². The number of sulfonamides is 1. The fraction of sp³-hybridized carbons (Fsp3) is 0.333. The van der Waals surface area contributed by atoms with Crippen molar-refractivity contribution in [2.75, 3.05) is 0 Å². The maximum atomic E-state index is 12.3. The Labute approximate surface area is 130 Å². The number of rotatable bonds is 6. The summed E-state index contributed by atoms with van der Waals surface area (Å²) in [7, 11) is -3.87. The molecule has 0 atom stereocenters. The number of aromatic nitrogens is 1. The van der Waals surface area contributed by atoms with Crippen molar-refractivity contribution in [1.82, 2.24) is 9.71 Å². The third-order valence-electron chi connectivity index (χ3n) is 2.74. The minimum Gasteiger partial charge on any atom is -0.477 e. The van der Waals surface area contributed by atoms with E-state index >= 15 is 0 Å². The van der Waals surface area contributed by atoms with Crippen LogP contribution in [0.15, 0.2) is 16.5 Å². The fourth-order valence-corrected chi connectivity index (χ4v) is 5.25. The standard InChI is InChI=1S/C12H14N2O4S3/c1-3-8-4-13-9(20-8)5-14-21(17,18)11-7(2)6-19-10(11)12(15)16/h4,6,14H,3,5H2,1-2H3,(H,15,16). The first-order chi connectivity index (χ1) is 9.85. The van der Waals surface area contributed by atoms with Crippen molar-refractivity contribution in [1.29, 1.82) is 0 Å². The Morgan fingerprint density at radius 1 is 1.48 bits per heavy atom. The number of hydrogen-bond acceptors (Lipinski definition) is 6. The molecule has 0 saturated carbocycles. The monoisotopic (exact) mass is 346 g/mol. The lowest BCUT2D eigenvalue weighted by atomic mass is 10.3. The number of nitrogens with one attached hydrogen (secondary N) is 1. The lowest BCUT2D eigenvalue weighted by Crippen LogP contribution is -2.25. The van der Waals surface area contributed by atoms with E-state index < -0.39 is 16.0 Å². The molecule has 0 radical (unpaired) electrons. The van der Waals surface area contributed by atoms with Crippen LogP contribution in [-0.4, -0.2) is 24.5 Å². The first-order valence-electron chi connectivity index (χ1n) is 6.09. The Morgan fingerprint density at radius 3 is 2.76 bits per heavy atom. The molecule has 0 fully saturated rings. The molecule has 2 aromatic rings. The average molecular weight is 346 g/mol. The second-order valence-corrected chi connectivity index (χ2v) is 8.06. The number of aryl methyl sites for hydroxylation is 2. The first-order valence-corrected chi connectivity index (χ1v) is 9.27. The minimum absolute atomic E-state index is 0.0569. The summed E-state index contributed by atoms with van der Waals surface area (Å²) in [5.41, 5.74) is 0.429. The van der Waals surface area contributed by atoms with Crippen LogP contribution in [0.25, 0.3) is 0 Å². The van der Waals surface area contributed by atoms with Gasteiger partial charge in [0.15, 0.2) is 0 Å². The molecule has 0 spiro atoms. The van der Waals surface area contributed by atoms with Crippen molar-refractivity contribution >= 4 is 38.7 Å². The summed E-state index contributed by atoms with van der Waals surface area (Å²) in [6.07, 6.45) is 2.56. The number of carboxylic acids is 1. The molecule has 2 aromatic heterocycles. The summed E-state index contributed by atoms with van der Waals surface area (Å²) in [5.74, 6) is -1.24. The maximum absolute atomic E-state index is 12.3. The highest BCUT2D eigenvalue weighted by Crippen LogP contribution is 2.27. The number of hydrogen-bond donors (Lipinski definition) is 2. The van der Waals surface area contributed by atoms with Gasteiger partial charge in [-0.3, -0.25) is 0 Å². The highest BCUT2D eigenvalue weighted by molar-refractivity contribution is 7.89. The molecule has 0 aliphatic heterocycles. The predicted molar refractivity (Wildman–Crippen MR) is 81.5 cm³/mol. The number of carboxylic acid groups (broad SMARTS) is 1. The smallest absolute Gasteiger partial charge is 0.347 e. The van der Waals surface area contributed by atoms with Gasteiger partial charge in [0.25, 0.3) is 0 Å². The number of thiophene rings is 1. The van der Waals surface area contributed by atoms with E-state index in [2.05, 4.69) is 9.71 Å². The zero-order valence-electron chi connectivity index (χ0n) is 11.4. The molecule has 2 N–H and O–H groups in total. The van der Waals surface area contributed by atoms with Crippen LogP contribution in [0.1, 0.15) is 32.0 Å². The number of thiazole rings is 1. The molecular formula is C12H14N2O4S3. The van der Waals surface area contributed by atoms with E-state index in [1.165, 1.54) is 16.7 Å². The Hall–Kier alpha value is -1.29. The highest BCUT2D eigenvalue weighted by atomic mass is 32.2. The molecule has 0 aliphatic carbocycles. The van der Waals surface area contributed by atoms with Crippen LogP contribution >= 0.6 is 22.7 Å². The van der Waals surface area contributed by atoms with Gasteiger partial charge in [0.1, 0.15) is 14.8 Å². The van der Waals surface area contributed by atoms with Crippen molar-refractivity contribution < 1.29 is 18.3 Å². The van der Waals surface area contributed by atoms with E-state index in [4.69, 9.17) is 5.11 Å². The highest BCUT2D eigenvalue weighted by Gasteiger charge is 2.26. The first kappa shape index (κ1) is 16.1. The molecule has 0 amide bonds. The Kier molecular flexibility index (Phi) is 4.77. The normalized spacial score (nSPS) is 11.7. The molecule has 9 heteroatoms. The lowest BCUT2D eigenvalue weighted by molar-refractivity contribution is 0.0698. The molecule has 0 unspecified atom stereocenters. The van der Waals surface area contributed by atoms with E-state index in [9.17, 15) is 13.2 Å². The molecule has 0 saturated heterocycles. The quantitative estimate of drug-likeness (QED) is 0.836. The van der Waals surface area contributed by atoms with E-state index in [0.717, 1.165) is 22.6 Å². The largest absolute Gasteiger partial charge is 0.477 e. The fourth-order valence-electron chi connectivity index (χ4n) is 1.74. The predicted octanol–water partition coefficient (Wildman–Crippen LogP) is 2.25. The molecule has 114 valence electrons. The number of nitrogens with zero attached hydrogens (tertiary/aromatic N) is 1. The molecule has 0 aromatic carbocycles. The van der Waals surface area contributed by atoms with Gasteiger partial charge < -0.3 is 5.11 Å². The van der Waals surface area contributed by atoms with E-state index in [1.807, 2.05) is 6.92 Å². The van der Waals surface area contributed by atoms with Gasteiger partial charge in [-0.05, 0) is 24.3 Å². The summed E-state index contributed by atoms with van der Waals surface area (Å²) in [5, 5.41) is 11.2. The van der Waals surface area contributed by atoms with E-state index in [1.54, 1.807) is 13.1 Å². The van der Waals surface area contributed by atoms with Gasteiger partial charge >= 0.3 is 5.97 Å². The van der Waals surface area contributed by atoms with Crippen LogP contribution in [0.2, 0.25) is 0 Å². The summed E-state index contributed by atoms with van der Waals surface area (Å²) >= 11 is 2.34. The molecule has 21 heavy (non-hydrogen) atoms. The molecule has 0 bridgehead atoms. The van der Waals surface area contributed by atoms with Crippen LogP contribution in [0.3, 0.4) is 0 Å².